The molecule has 0 amide bonds. The van der Waals surface area contributed by atoms with Crippen molar-refractivity contribution in [3.63, 3.8) is 0 Å². The maximum absolute atomic E-state index is 10.7. The van der Waals surface area contributed by atoms with Gasteiger partial charge in [-0.2, -0.15) is 5.10 Å². The molecule has 5 nitrogen and oxygen atoms in total. The van der Waals surface area contributed by atoms with E-state index in [0.29, 0.717) is 11.3 Å². The summed E-state index contributed by atoms with van der Waals surface area (Å²) in [6, 6.07) is 0. The summed E-state index contributed by atoms with van der Waals surface area (Å²) in [5.41, 5.74) is 0.991. The first-order valence-corrected chi connectivity index (χ1v) is 4.46. The molecule has 0 bridgehead atoms. The van der Waals surface area contributed by atoms with Gasteiger partial charge in [0.2, 0.25) is 0 Å². The van der Waals surface area contributed by atoms with Crippen molar-refractivity contribution in [3.8, 4) is 0 Å². The van der Waals surface area contributed by atoms with E-state index < -0.39 is 0 Å². The van der Waals surface area contributed by atoms with Gasteiger partial charge in [0.25, 0.3) is 0 Å². The van der Waals surface area contributed by atoms with E-state index >= 15 is 0 Å². The highest BCUT2D eigenvalue weighted by Gasteiger charge is 2.26. The van der Waals surface area contributed by atoms with Crippen LogP contribution in [0.1, 0.15) is 26.5 Å². The molecule has 0 radical (unpaired) electrons. The highest BCUT2D eigenvalue weighted by molar-refractivity contribution is 6.33. The Kier molecular flexibility index (Phi) is 2.39. The van der Waals surface area contributed by atoms with Crippen molar-refractivity contribution in [2.75, 3.05) is 0 Å². The van der Waals surface area contributed by atoms with Gasteiger partial charge in [0, 0.05) is 0 Å². The van der Waals surface area contributed by atoms with Gasteiger partial charge in [-0.1, -0.05) is 0 Å². The number of aromatic nitrogens is 2. The van der Waals surface area contributed by atoms with Crippen molar-refractivity contribution < 1.29 is 4.92 Å². The van der Waals surface area contributed by atoms with E-state index in [2.05, 4.69) is 5.10 Å². The standard InChI is InChI=1S/C8H14BN3O2/c1-5-6(12(13)14)7(9)10-11(5)8(2,3)4/h9H2,1-4H3. The number of nitrogens with zero attached hydrogens (tertiary/aromatic N) is 3. The monoisotopic (exact) mass is 195 g/mol. The van der Waals surface area contributed by atoms with Crippen LogP contribution in [0.3, 0.4) is 0 Å². The number of rotatable bonds is 1. The molecular weight excluding hydrogens is 181 g/mol. The lowest BCUT2D eigenvalue weighted by Crippen LogP contribution is -2.25. The third kappa shape index (κ3) is 1.64. The van der Waals surface area contributed by atoms with Gasteiger partial charge in [0.15, 0.2) is 7.85 Å². The Morgan fingerprint density at radius 3 is 2.21 bits per heavy atom. The van der Waals surface area contributed by atoms with E-state index in [9.17, 15) is 10.1 Å². The van der Waals surface area contributed by atoms with Crippen LogP contribution in [-0.4, -0.2) is 22.6 Å². The van der Waals surface area contributed by atoms with Gasteiger partial charge in [-0.25, -0.2) is 0 Å². The Labute approximate surface area is 83.7 Å². The molecular formula is C8H14BN3O2. The van der Waals surface area contributed by atoms with Crippen molar-refractivity contribution in [2.24, 2.45) is 0 Å². The maximum Gasteiger partial charge on any atom is 0.302 e. The number of nitro groups is 1. The molecule has 0 unspecified atom stereocenters. The molecule has 0 saturated carbocycles. The Morgan fingerprint density at radius 2 is 2.00 bits per heavy atom. The van der Waals surface area contributed by atoms with Crippen LogP contribution in [0.5, 0.6) is 0 Å². The molecule has 0 aliphatic rings. The zero-order valence-electron chi connectivity index (χ0n) is 9.16. The molecule has 1 aromatic rings. The molecule has 0 fully saturated rings. The molecule has 0 aromatic carbocycles. The molecule has 1 rings (SSSR count). The molecule has 0 N–H and O–H groups in total. The van der Waals surface area contributed by atoms with Gasteiger partial charge in [-0.05, 0) is 27.7 Å². The molecule has 0 saturated heterocycles. The zero-order chi connectivity index (χ0) is 11.1. The molecule has 0 spiro atoms. The van der Waals surface area contributed by atoms with E-state index in [0.717, 1.165) is 0 Å². The minimum absolute atomic E-state index is 0.125. The fourth-order valence-electron chi connectivity index (χ4n) is 1.55. The van der Waals surface area contributed by atoms with Crippen LogP contribution in [0.25, 0.3) is 0 Å². The van der Waals surface area contributed by atoms with Gasteiger partial charge in [0.1, 0.15) is 5.69 Å². The summed E-state index contributed by atoms with van der Waals surface area (Å²) in [6.07, 6.45) is 0. The lowest BCUT2D eigenvalue weighted by molar-refractivity contribution is -0.384. The molecule has 0 atom stereocenters. The highest BCUT2D eigenvalue weighted by atomic mass is 16.6. The summed E-state index contributed by atoms with van der Waals surface area (Å²) in [4.78, 5) is 10.4. The van der Waals surface area contributed by atoms with Crippen LogP contribution >= 0.6 is 0 Å². The van der Waals surface area contributed by atoms with Crippen molar-refractivity contribution in [1.29, 1.82) is 0 Å². The molecule has 1 heterocycles. The normalized spacial score (nSPS) is 11.7. The minimum Gasteiger partial charge on any atom is -0.258 e. The fourth-order valence-corrected chi connectivity index (χ4v) is 1.55. The highest BCUT2D eigenvalue weighted by Crippen LogP contribution is 2.21. The van der Waals surface area contributed by atoms with Crippen molar-refractivity contribution >= 4 is 19.1 Å². The first-order valence-electron chi connectivity index (χ1n) is 4.46. The third-order valence-corrected chi connectivity index (χ3v) is 2.07. The van der Waals surface area contributed by atoms with Crippen LogP contribution in [-0.2, 0) is 5.54 Å². The average molecular weight is 195 g/mol. The summed E-state index contributed by atoms with van der Waals surface area (Å²) < 4.78 is 1.69. The van der Waals surface area contributed by atoms with E-state index in [1.54, 1.807) is 19.5 Å². The van der Waals surface area contributed by atoms with E-state index in [4.69, 9.17) is 0 Å². The fraction of sp³-hybridized carbons (Fsp3) is 0.625. The number of hydrogen-bond donors (Lipinski definition) is 0. The second-order valence-electron chi connectivity index (χ2n) is 4.36. The Hall–Kier alpha value is -1.33. The van der Waals surface area contributed by atoms with Crippen molar-refractivity contribution in [2.45, 2.75) is 33.2 Å². The van der Waals surface area contributed by atoms with Gasteiger partial charge in [-0.3, -0.25) is 14.8 Å². The number of hydrogen-bond acceptors (Lipinski definition) is 3. The minimum atomic E-state index is -0.375. The SMILES string of the molecule is Bc1nn(C(C)(C)C)c(C)c1[N+](=O)[O-]. The average Bonchev–Trinajstić information content (AvgIpc) is 2.24. The lowest BCUT2D eigenvalue weighted by Gasteiger charge is -2.20. The van der Waals surface area contributed by atoms with Gasteiger partial charge in [0.05, 0.1) is 16.1 Å². The predicted octanol–water partition coefficient (Wildman–Crippen LogP) is 0.113. The van der Waals surface area contributed by atoms with Crippen molar-refractivity contribution in [1.82, 2.24) is 9.78 Å². The summed E-state index contributed by atoms with van der Waals surface area (Å²) in [6.45, 7) is 7.63. The summed E-state index contributed by atoms with van der Waals surface area (Å²) in [5, 5.41) is 14.9. The van der Waals surface area contributed by atoms with Gasteiger partial charge < -0.3 is 0 Å². The second-order valence-corrected chi connectivity index (χ2v) is 4.36. The van der Waals surface area contributed by atoms with Crippen LogP contribution in [0.4, 0.5) is 5.69 Å². The molecule has 1 aromatic heterocycles. The molecule has 0 aliphatic heterocycles. The largest absolute Gasteiger partial charge is 0.302 e. The summed E-state index contributed by atoms with van der Waals surface area (Å²) >= 11 is 0. The van der Waals surface area contributed by atoms with E-state index in [-0.39, 0.29) is 16.1 Å². The van der Waals surface area contributed by atoms with E-state index in [1.165, 1.54) is 0 Å². The summed E-state index contributed by atoms with van der Waals surface area (Å²) in [5.74, 6) is 0. The molecule has 0 aliphatic carbocycles. The van der Waals surface area contributed by atoms with Crippen molar-refractivity contribution in [3.05, 3.63) is 15.8 Å². The predicted molar refractivity (Wildman–Crippen MR) is 56.8 cm³/mol. The Bertz CT molecular complexity index is 379. The van der Waals surface area contributed by atoms with Gasteiger partial charge >= 0.3 is 5.69 Å². The summed E-state index contributed by atoms with van der Waals surface area (Å²) in [7, 11) is 1.66. The quantitative estimate of drug-likeness (QED) is 0.363. The lowest BCUT2D eigenvalue weighted by atomic mass is 10.0. The first kappa shape index (κ1) is 10.8. The zero-order valence-corrected chi connectivity index (χ0v) is 9.16. The van der Waals surface area contributed by atoms with Gasteiger partial charge in [-0.15, -0.1) is 0 Å². The molecule has 6 heteroatoms. The van der Waals surface area contributed by atoms with Crippen LogP contribution in [0.2, 0.25) is 0 Å². The van der Waals surface area contributed by atoms with Crippen LogP contribution in [0.15, 0.2) is 0 Å². The smallest absolute Gasteiger partial charge is 0.258 e. The van der Waals surface area contributed by atoms with Crippen LogP contribution in [0, 0.1) is 17.0 Å². The van der Waals surface area contributed by atoms with Crippen LogP contribution < -0.4 is 5.59 Å². The Balaban J connectivity index is 3.39. The molecule has 14 heavy (non-hydrogen) atoms. The second kappa shape index (κ2) is 3.11. The maximum atomic E-state index is 10.7. The first-order chi connectivity index (χ1) is 6.25. The molecule has 76 valence electrons. The Morgan fingerprint density at radius 1 is 1.50 bits per heavy atom. The third-order valence-electron chi connectivity index (χ3n) is 2.07. The topological polar surface area (TPSA) is 61.0 Å². The van der Waals surface area contributed by atoms with E-state index in [1.807, 2.05) is 20.8 Å².